The first-order chi connectivity index (χ1) is 7.84. The van der Waals surface area contributed by atoms with Crippen LogP contribution in [0.3, 0.4) is 0 Å². The van der Waals surface area contributed by atoms with E-state index in [9.17, 15) is 4.79 Å². The number of thiophene rings is 1. The molecule has 0 N–H and O–H groups in total. The highest BCUT2D eigenvalue weighted by Crippen LogP contribution is 2.18. The van der Waals surface area contributed by atoms with Crippen molar-refractivity contribution in [1.82, 2.24) is 4.57 Å². The van der Waals surface area contributed by atoms with Gasteiger partial charge >= 0.3 is 4.87 Å². The van der Waals surface area contributed by atoms with E-state index in [1.165, 1.54) is 16.9 Å². The average molecular weight is 247 g/mol. The molecule has 3 rings (SSSR count). The highest BCUT2D eigenvalue weighted by molar-refractivity contribution is 7.16. The van der Waals surface area contributed by atoms with Gasteiger partial charge in [0.25, 0.3) is 0 Å². The van der Waals surface area contributed by atoms with Crippen LogP contribution < -0.4 is 4.87 Å². The summed E-state index contributed by atoms with van der Waals surface area (Å²) in [6, 6.07) is 9.99. The van der Waals surface area contributed by atoms with E-state index in [1.807, 2.05) is 34.2 Å². The molecule has 2 aromatic heterocycles. The smallest absolute Gasteiger partial charge is 0.294 e. The summed E-state index contributed by atoms with van der Waals surface area (Å²) in [6.45, 7) is 0.673. The Bertz CT molecular complexity index is 664. The van der Waals surface area contributed by atoms with E-state index in [-0.39, 0.29) is 4.87 Å². The Kier molecular flexibility index (Phi) is 2.38. The number of nitrogens with zero attached hydrogens (tertiary/aromatic N) is 1. The van der Waals surface area contributed by atoms with E-state index in [1.54, 1.807) is 11.3 Å². The molecule has 0 aliphatic carbocycles. The number of benzene rings is 1. The van der Waals surface area contributed by atoms with Crippen molar-refractivity contribution in [2.75, 3.05) is 0 Å². The molecule has 0 saturated carbocycles. The first kappa shape index (κ1) is 9.81. The molecule has 3 aromatic rings. The number of hydrogen-bond donors (Lipinski definition) is 0. The van der Waals surface area contributed by atoms with Gasteiger partial charge in [0.1, 0.15) is 0 Å². The van der Waals surface area contributed by atoms with Crippen LogP contribution in [0.15, 0.2) is 45.9 Å². The molecule has 4 heteroatoms. The molecule has 0 spiro atoms. The van der Waals surface area contributed by atoms with Crippen LogP contribution in [0.2, 0.25) is 0 Å². The van der Waals surface area contributed by atoms with Gasteiger partial charge in [-0.3, -0.25) is 9.36 Å². The fourth-order valence-corrected chi connectivity index (χ4v) is 3.28. The lowest BCUT2D eigenvalue weighted by Gasteiger charge is -2.00. The van der Waals surface area contributed by atoms with Crippen LogP contribution in [-0.4, -0.2) is 4.57 Å². The Hall–Kier alpha value is -1.39. The molecule has 0 radical (unpaired) electrons. The predicted octanol–water partition coefficient (Wildman–Crippen LogP) is 3.17. The van der Waals surface area contributed by atoms with Crippen molar-refractivity contribution in [2.24, 2.45) is 0 Å². The Morgan fingerprint density at radius 3 is 2.88 bits per heavy atom. The molecular formula is C12H9NOS2. The van der Waals surface area contributed by atoms with Crippen molar-refractivity contribution in [3.05, 3.63) is 56.3 Å². The summed E-state index contributed by atoms with van der Waals surface area (Å²) < 4.78 is 2.89. The number of aromatic nitrogens is 1. The highest BCUT2D eigenvalue weighted by Gasteiger charge is 2.06. The second-order valence-electron chi connectivity index (χ2n) is 3.55. The maximum Gasteiger partial charge on any atom is 0.308 e. The highest BCUT2D eigenvalue weighted by atomic mass is 32.1. The normalized spacial score (nSPS) is 11.0. The number of rotatable bonds is 2. The first-order valence-corrected chi connectivity index (χ1v) is 6.70. The van der Waals surface area contributed by atoms with Gasteiger partial charge in [0, 0.05) is 0 Å². The average Bonchev–Trinajstić information content (AvgIpc) is 2.89. The Morgan fingerprint density at radius 2 is 2.06 bits per heavy atom. The minimum absolute atomic E-state index is 0.118. The molecule has 0 aliphatic heterocycles. The molecule has 0 atom stereocenters. The summed E-state index contributed by atoms with van der Waals surface area (Å²) in [5.41, 5.74) is 2.22. The zero-order valence-corrected chi connectivity index (χ0v) is 10.1. The quantitative estimate of drug-likeness (QED) is 0.681. The number of thiazole rings is 1. The third-order valence-electron chi connectivity index (χ3n) is 2.49. The van der Waals surface area contributed by atoms with Gasteiger partial charge < -0.3 is 0 Å². The SMILES string of the molecule is O=c1sc2ccccc2n1Cc1ccsc1. The van der Waals surface area contributed by atoms with Gasteiger partial charge in [-0.05, 0) is 34.5 Å². The van der Waals surface area contributed by atoms with E-state index in [0.29, 0.717) is 6.54 Å². The summed E-state index contributed by atoms with van der Waals surface area (Å²) in [4.78, 5) is 12.0. The van der Waals surface area contributed by atoms with E-state index in [2.05, 4.69) is 11.4 Å². The second-order valence-corrected chi connectivity index (χ2v) is 5.33. The van der Waals surface area contributed by atoms with Crippen molar-refractivity contribution in [3.63, 3.8) is 0 Å². The van der Waals surface area contributed by atoms with E-state index < -0.39 is 0 Å². The lowest BCUT2D eigenvalue weighted by atomic mass is 10.3. The van der Waals surface area contributed by atoms with Gasteiger partial charge in [-0.2, -0.15) is 11.3 Å². The van der Waals surface area contributed by atoms with E-state index >= 15 is 0 Å². The number of fused-ring (bicyclic) bond motifs is 1. The van der Waals surface area contributed by atoms with Gasteiger partial charge in [0.05, 0.1) is 16.8 Å². The molecule has 16 heavy (non-hydrogen) atoms. The number of para-hydroxylation sites is 1. The second kappa shape index (κ2) is 3.88. The molecule has 2 heterocycles. The van der Waals surface area contributed by atoms with Crippen LogP contribution in [-0.2, 0) is 6.54 Å². The molecule has 80 valence electrons. The standard InChI is InChI=1S/C12H9NOS2/c14-12-13(7-9-5-6-15-8-9)10-3-1-2-4-11(10)16-12/h1-6,8H,7H2. The van der Waals surface area contributed by atoms with Gasteiger partial charge in [-0.25, -0.2) is 0 Å². The van der Waals surface area contributed by atoms with Crippen LogP contribution in [0.5, 0.6) is 0 Å². The molecule has 0 unspecified atom stereocenters. The van der Waals surface area contributed by atoms with Crippen molar-refractivity contribution in [1.29, 1.82) is 0 Å². The monoisotopic (exact) mass is 247 g/mol. The molecule has 0 fully saturated rings. The van der Waals surface area contributed by atoms with Gasteiger partial charge in [0.15, 0.2) is 0 Å². The van der Waals surface area contributed by atoms with Gasteiger partial charge in [-0.15, -0.1) is 0 Å². The third kappa shape index (κ3) is 1.60. The first-order valence-electron chi connectivity index (χ1n) is 4.94. The summed E-state index contributed by atoms with van der Waals surface area (Å²) in [5, 5.41) is 4.12. The Balaban J connectivity index is 2.16. The summed E-state index contributed by atoms with van der Waals surface area (Å²) in [6.07, 6.45) is 0. The van der Waals surface area contributed by atoms with Crippen LogP contribution in [0.1, 0.15) is 5.56 Å². The van der Waals surface area contributed by atoms with Crippen LogP contribution in [0.25, 0.3) is 10.2 Å². The van der Waals surface area contributed by atoms with Crippen molar-refractivity contribution in [3.8, 4) is 0 Å². The van der Waals surface area contributed by atoms with E-state index in [0.717, 1.165) is 10.2 Å². The molecule has 2 nitrogen and oxygen atoms in total. The Morgan fingerprint density at radius 1 is 1.19 bits per heavy atom. The minimum Gasteiger partial charge on any atom is -0.294 e. The maximum absolute atomic E-state index is 11.8. The zero-order chi connectivity index (χ0) is 11.0. The molecule has 1 aromatic carbocycles. The van der Waals surface area contributed by atoms with Crippen molar-refractivity contribution >= 4 is 32.9 Å². The topological polar surface area (TPSA) is 22.0 Å². The molecular weight excluding hydrogens is 238 g/mol. The summed E-state index contributed by atoms with van der Waals surface area (Å²) in [5.74, 6) is 0. The largest absolute Gasteiger partial charge is 0.308 e. The van der Waals surface area contributed by atoms with Gasteiger partial charge in [0.2, 0.25) is 0 Å². The van der Waals surface area contributed by atoms with E-state index in [4.69, 9.17) is 0 Å². The lowest BCUT2D eigenvalue weighted by Crippen LogP contribution is -2.12. The van der Waals surface area contributed by atoms with Gasteiger partial charge in [-0.1, -0.05) is 23.5 Å². The fourth-order valence-electron chi connectivity index (χ4n) is 1.73. The van der Waals surface area contributed by atoms with Crippen LogP contribution in [0.4, 0.5) is 0 Å². The fraction of sp³-hybridized carbons (Fsp3) is 0.0833. The molecule has 0 bridgehead atoms. The zero-order valence-electron chi connectivity index (χ0n) is 8.42. The summed E-state index contributed by atoms with van der Waals surface area (Å²) >= 11 is 2.97. The molecule has 0 saturated heterocycles. The number of hydrogen-bond acceptors (Lipinski definition) is 3. The minimum atomic E-state index is 0.118. The Labute approximate surface area is 100 Å². The van der Waals surface area contributed by atoms with Crippen LogP contribution in [0, 0.1) is 0 Å². The van der Waals surface area contributed by atoms with Crippen molar-refractivity contribution in [2.45, 2.75) is 6.54 Å². The van der Waals surface area contributed by atoms with Crippen LogP contribution >= 0.6 is 22.7 Å². The summed E-state index contributed by atoms with van der Waals surface area (Å²) in [7, 11) is 0. The lowest BCUT2D eigenvalue weighted by molar-refractivity contribution is 0.819. The van der Waals surface area contributed by atoms with Crippen molar-refractivity contribution < 1.29 is 0 Å². The maximum atomic E-state index is 11.8. The third-order valence-corrected chi connectivity index (χ3v) is 4.19. The molecule has 0 aliphatic rings. The predicted molar refractivity (Wildman–Crippen MR) is 69.5 cm³/mol. The molecule has 0 amide bonds.